The molecule has 5 heteroatoms. The fraction of sp³-hybridized carbons (Fsp3) is 0.391. The second-order valence-electron chi connectivity index (χ2n) is 7.33. The Labute approximate surface area is 176 Å². The quantitative estimate of drug-likeness (QED) is 0.482. The number of hydrogen-bond donors (Lipinski definition) is 0. The number of hydrogen-bond acceptors (Lipinski definition) is 3. The standard InChI is InChI=1S/C23H27ClN2OS/c1-25-22-7-3-2-5-20(22)21(6-4-12-26-13-15-27-16-14-26)23(25)28-17-18-8-10-19(24)11-9-18/h2-3,5,7-11H,4,6,12-17H2,1H3. The van der Waals surface area contributed by atoms with Crippen molar-refractivity contribution >= 4 is 34.3 Å². The van der Waals surface area contributed by atoms with Crippen molar-refractivity contribution in [1.29, 1.82) is 0 Å². The highest BCUT2D eigenvalue weighted by molar-refractivity contribution is 7.98. The van der Waals surface area contributed by atoms with Crippen molar-refractivity contribution in [2.24, 2.45) is 7.05 Å². The lowest BCUT2D eigenvalue weighted by Gasteiger charge is -2.26. The van der Waals surface area contributed by atoms with Gasteiger partial charge in [-0.2, -0.15) is 0 Å². The predicted octanol–water partition coefficient (Wildman–Crippen LogP) is 5.39. The Morgan fingerprint density at radius 1 is 1.04 bits per heavy atom. The van der Waals surface area contributed by atoms with Gasteiger partial charge in [-0.1, -0.05) is 41.9 Å². The first kappa shape index (κ1) is 19.8. The number of aromatic nitrogens is 1. The number of rotatable bonds is 7. The Balaban J connectivity index is 1.51. The van der Waals surface area contributed by atoms with Crippen LogP contribution in [0.2, 0.25) is 5.02 Å². The number of halogens is 1. The lowest BCUT2D eigenvalue weighted by Crippen LogP contribution is -2.36. The minimum atomic E-state index is 0.794. The van der Waals surface area contributed by atoms with Crippen molar-refractivity contribution in [1.82, 2.24) is 9.47 Å². The molecule has 0 bridgehead atoms. The average molecular weight is 415 g/mol. The van der Waals surface area contributed by atoms with E-state index in [0.717, 1.165) is 50.0 Å². The number of ether oxygens (including phenoxy) is 1. The predicted molar refractivity (Wildman–Crippen MR) is 120 cm³/mol. The van der Waals surface area contributed by atoms with E-state index >= 15 is 0 Å². The van der Waals surface area contributed by atoms with Crippen LogP contribution < -0.4 is 0 Å². The molecule has 0 amide bonds. The van der Waals surface area contributed by atoms with Crippen LogP contribution in [0.3, 0.4) is 0 Å². The first-order valence-electron chi connectivity index (χ1n) is 9.96. The highest BCUT2D eigenvalue weighted by Gasteiger charge is 2.16. The van der Waals surface area contributed by atoms with Crippen LogP contribution in [0.1, 0.15) is 17.5 Å². The van der Waals surface area contributed by atoms with Gasteiger partial charge in [0.2, 0.25) is 0 Å². The monoisotopic (exact) mass is 414 g/mol. The molecule has 0 spiro atoms. The third-order valence-electron chi connectivity index (χ3n) is 5.45. The van der Waals surface area contributed by atoms with Gasteiger partial charge in [0.25, 0.3) is 0 Å². The van der Waals surface area contributed by atoms with Crippen molar-refractivity contribution in [3.8, 4) is 0 Å². The second kappa shape index (κ2) is 9.36. The van der Waals surface area contributed by atoms with Gasteiger partial charge in [-0.25, -0.2) is 0 Å². The molecule has 28 heavy (non-hydrogen) atoms. The summed E-state index contributed by atoms with van der Waals surface area (Å²) in [6.07, 6.45) is 2.30. The number of nitrogens with zero attached hydrogens (tertiary/aromatic N) is 2. The fourth-order valence-corrected chi connectivity index (χ4v) is 5.21. The minimum Gasteiger partial charge on any atom is -0.379 e. The SMILES string of the molecule is Cn1c(SCc2ccc(Cl)cc2)c(CCCN2CCOCC2)c2ccccc21. The van der Waals surface area contributed by atoms with E-state index in [1.54, 1.807) is 0 Å². The summed E-state index contributed by atoms with van der Waals surface area (Å²) in [5.41, 5.74) is 4.12. The van der Waals surface area contributed by atoms with Gasteiger partial charge in [-0.15, -0.1) is 11.8 Å². The zero-order valence-corrected chi connectivity index (χ0v) is 17.9. The molecule has 4 rings (SSSR count). The van der Waals surface area contributed by atoms with Crippen molar-refractivity contribution in [3.63, 3.8) is 0 Å². The van der Waals surface area contributed by atoms with E-state index in [2.05, 4.69) is 52.9 Å². The van der Waals surface area contributed by atoms with Crippen LogP contribution in [0.5, 0.6) is 0 Å². The normalized spacial score (nSPS) is 15.4. The van der Waals surface area contributed by atoms with Gasteiger partial charge in [0, 0.05) is 41.8 Å². The Kier molecular flexibility index (Phi) is 6.63. The van der Waals surface area contributed by atoms with E-state index in [-0.39, 0.29) is 0 Å². The lowest BCUT2D eigenvalue weighted by atomic mass is 10.1. The Bertz CT molecular complexity index is 916. The summed E-state index contributed by atoms with van der Waals surface area (Å²) in [6, 6.07) is 17.0. The molecule has 2 aromatic carbocycles. The number of thioether (sulfide) groups is 1. The van der Waals surface area contributed by atoms with Crippen molar-refractivity contribution < 1.29 is 4.74 Å². The minimum absolute atomic E-state index is 0.794. The molecule has 0 aliphatic carbocycles. The number of morpholine rings is 1. The largest absolute Gasteiger partial charge is 0.379 e. The average Bonchev–Trinajstić information content (AvgIpc) is 3.00. The van der Waals surface area contributed by atoms with Crippen molar-refractivity contribution in [2.75, 3.05) is 32.8 Å². The van der Waals surface area contributed by atoms with Gasteiger partial charge in [0.15, 0.2) is 0 Å². The summed E-state index contributed by atoms with van der Waals surface area (Å²) in [7, 11) is 2.19. The molecule has 3 aromatic rings. The molecule has 1 fully saturated rings. The van der Waals surface area contributed by atoms with Gasteiger partial charge in [0.1, 0.15) is 0 Å². The van der Waals surface area contributed by atoms with Crippen LogP contribution in [-0.2, 0) is 24.0 Å². The molecular weight excluding hydrogens is 388 g/mol. The van der Waals surface area contributed by atoms with Crippen LogP contribution in [0, 0.1) is 0 Å². The summed E-state index contributed by atoms with van der Waals surface area (Å²) in [5, 5.41) is 3.57. The summed E-state index contributed by atoms with van der Waals surface area (Å²) in [6.45, 7) is 5.02. The number of aryl methyl sites for hydroxylation is 2. The molecule has 0 radical (unpaired) electrons. The lowest BCUT2D eigenvalue weighted by molar-refractivity contribution is 0.0374. The number of para-hydroxylation sites is 1. The molecule has 148 valence electrons. The van der Waals surface area contributed by atoms with E-state index in [1.165, 1.54) is 33.5 Å². The zero-order valence-electron chi connectivity index (χ0n) is 16.4. The van der Waals surface area contributed by atoms with E-state index < -0.39 is 0 Å². The van der Waals surface area contributed by atoms with Crippen LogP contribution in [0.4, 0.5) is 0 Å². The second-order valence-corrected chi connectivity index (χ2v) is 8.73. The first-order chi connectivity index (χ1) is 13.7. The number of benzene rings is 2. The van der Waals surface area contributed by atoms with Crippen molar-refractivity contribution in [3.05, 3.63) is 64.7 Å². The topological polar surface area (TPSA) is 17.4 Å². The van der Waals surface area contributed by atoms with Crippen LogP contribution >= 0.6 is 23.4 Å². The molecule has 1 aromatic heterocycles. The molecule has 0 N–H and O–H groups in total. The maximum atomic E-state index is 6.03. The summed E-state index contributed by atoms with van der Waals surface area (Å²) < 4.78 is 7.83. The Morgan fingerprint density at radius 2 is 1.79 bits per heavy atom. The molecule has 0 unspecified atom stereocenters. The summed E-state index contributed by atoms with van der Waals surface area (Å²) in [5.74, 6) is 0.956. The van der Waals surface area contributed by atoms with Crippen molar-refractivity contribution in [2.45, 2.75) is 23.6 Å². The molecular formula is C23H27ClN2OS. The van der Waals surface area contributed by atoms with E-state index in [4.69, 9.17) is 16.3 Å². The first-order valence-corrected chi connectivity index (χ1v) is 11.3. The summed E-state index contributed by atoms with van der Waals surface area (Å²) in [4.78, 5) is 2.52. The van der Waals surface area contributed by atoms with Crippen LogP contribution in [0.15, 0.2) is 53.6 Å². The molecule has 1 aliphatic rings. The van der Waals surface area contributed by atoms with Gasteiger partial charge in [0.05, 0.1) is 18.2 Å². The fourth-order valence-electron chi connectivity index (χ4n) is 3.91. The Hall–Kier alpha value is -1.46. The third-order valence-corrected chi connectivity index (χ3v) is 6.97. The zero-order chi connectivity index (χ0) is 19.3. The highest BCUT2D eigenvalue weighted by atomic mass is 35.5. The summed E-state index contributed by atoms with van der Waals surface area (Å²) >= 11 is 7.96. The number of fused-ring (bicyclic) bond motifs is 1. The van der Waals surface area contributed by atoms with Crippen LogP contribution in [0.25, 0.3) is 10.9 Å². The van der Waals surface area contributed by atoms with E-state index in [1.807, 2.05) is 23.9 Å². The van der Waals surface area contributed by atoms with Gasteiger partial charge in [-0.3, -0.25) is 4.90 Å². The Morgan fingerprint density at radius 3 is 2.57 bits per heavy atom. The smallest absolute Gasteiger partial charge is 0.0792 e. The maximum absolute atomic E-state index is 6.03. The molecule has 1 aliphatic heterocycles. The molecule has 0 atom stereocenters. The molecule has 1 saturated heterocycles. The van der Waals surface area contributed by atoms with Gasteiger partial charge in [-0.05, 0) is 48.7 Å². The highest BCUT2D eigenvalue weighted by Crippen LogP contribution is 2.35. The van der Waals surface area contributed by atoms with E-state index in [9.17, 15) is 0 Å². The third kappa shape index (κ3) is 4.57. The van der Waals surface area contributed by atoms with Gasteiger partial charge >= 0.3 is 0 Å². The van der Waals surface area contributed by atoms with Gasteiger partial charge < -0.3 is 9.30 Å². The van der Waals surface area contributed by atoms with Crippen LogP contribution in [-0.4, -0.2) is 42.3 Å². The maximum Gasteiger partial charge on any atom is 0.0792 e. The molecule has 3 nitrogen and oxygen atoms in total. The molecule has 2 heterocycles. The molecule has 0 saturated carbocycles. The van der Waals surface area contributed by atoms with E-state index in [0.29, 0.717) is 0 Å².